The van der Waals surface area contributed by atoms with Gasteiger partial charge in [0.2, 0.25) is 0 Å². The maximum atomic E-state index is 10.8. The first kappa shape index (κ1) is 10.6. The highest BCUT2D eigenvalue weighted by atomic mass is 32.1. The van der Waals surface area contributed by atoms with Crippen molar-refractivity contribution in [3.63, 3.8) is 0 Å². The highest BCUT2D eigenvalue weighted by Crippen LogP contribution is 2.33. The molecule has 1 aliphatic rings. The van der Waals surface area contributed by atoms with Crippen molar-refractivity contribution in [2.75, 3.05) is 0 Å². The van der Waals surface area contributed by atoms with Gasteiger partial charge in [0.25, 0.3) is 0 Å². The highest BCUT2D eigenvalue weighted by Gasteiger charge is 2.34. The van der Waals surface area contributed by atoms with Crippen LogP contribution in [0.1, 0.15) is 35.0 Å². The van der Waals surface area contributed by atoms with Crippen LogP contribution >= 0.6 is 11.3 Å². The van der Waals surface area contributed by atoms with Crippen LogP contribution in [0.15, 0.2) is 11.4 Å². The van der Waals surface area contributed by atoms with Crippen molar-refractivity contribution in [3.8, 4) is 0 Å². The number of nitrogens with one attached hydrogen (secondary N) is 1. The van der Waals surface area contributed by atoms with Gasteiger partial charge in [0.1, 0.15) is 4.88 Å². The molecule has 2 N–H and O–H groups in total. The van der Waals surface area contributed by atoms with Crippen LogP contribution in [0.5, 0.6) is 0 Å². The molecule has 1 aromatic rings. The first-order valence-corrected chi connectivity index (χ1v) is 6.13. The monoisotopic (exact) mass is 225 g/mol. The molecular weight excluding hydrogens is 210 g/mol. The fourth-order valence-corrected chi connectivity index (χ4v) is 2.61. The lowest BCUT2D eigenvalue weighted by Crippen LogP contribution is -2.18. The van der Waals surface area contributed by atoms with Gasteiger partial charge in [-0.2, -0.15) is 0 Å². The summed E-state index contributed by atoms with van der Waals surface area (Å²) in [5, 5.41) is 14.2. The molecule has 2 rings (SSSR count). The van der Waals surface area contributed by atoms with Crippen molar-refractivity contribution >= 4 is 17.3 Å². The summed E-state index contributed by atoms with van der Waals surface area (Å²) in [5.74, 6) is -0.0125. The lowest BCUT2D eigenvalue weighted by atomic mass is 10.2. The molecule has 0 aliphatic heterocycles. The summed E-state index contributed by atoms with van der Waals surface area (Å²) in [6, 6.07) is 2.50. The van der Waals surface area contributed by atoms with Crippen LogP contribution in [0.4, 0.5) is 0 Å². The number of thiophene rings is 1. The molecule has 0 radical (unpaired) electrons. The van der Waals surface area contributed by atoms with Gasteiger partial charge in [-0.25, -0.2) is 4.79 Å². The van der Waals surface area contributed by atoms with Crippen molar-refractivity contribution in [1.82, 2.24) is 5.32 Å². The molecule has 1 saturated carbocycles. The molecule has 1 heterocycles. The Hall–Kier alpha value is -0.870. The second-order valence-corrected chi connectivity index (χ2v) is 4.89. The van der Waals surface area contributed by atoms with Gasteiger partial charge in [0.15, 0.2) is 0 Å². The molecule has 4 heteroatoms. The molecule has 2 atom stereocenters. The Morgan fingerprint density at radius 2 is 2.53 bits per heavy atom. The average Bonchev–Trinajstić information content (AvgIpc) is 2.81. The highest BCUT2D eigenvalue weighted by molar-refractivity contribution is 7.12. The lowest BCUT2D eigenvalue weighted by Gasteiger charge is -2.02. The van der Waals surface area contributed by atoms with Gasteiger partial charge in [-0.05, 0) is 29.3 Å². The van der Waals surface area contributed by atoms with Crippen molar-refractivity contribution in [1.29, 1.82) is 0 Å². The van der Waals surface area contributed by atoms with Crippen LogP contribution in [0.2, 0.25) is 0 Å². The van der Waals surface area contributed by atoms with E-state index in [4.69, 9.17) is 5.11 Å². The van der Waals surface area contributed by atoms with Gasteiger partial charge in [-0.1, -0.05) is 13.3 Å². The zero-order chi connectivity index (χ0) is 10.8. The van der Waals surface area contributed by atoms with Gasteiger partial charge in [-0.3, -0.25) is 0 Å². The van der Waals surface area contributed by atoms with Crippen LogP contribution in [0, 0.1) is 5.92 Å². The quantitative estimate of drug-likeness (QED) is 0.808. The van der Waals surface area contributed by atoms with E-state index in [1.807, 2.05) is 11.4 Å². The van der Waals surface area contributed by atoms with Crippen molar-refractivity contribution < 1.29 is 9.90 Å². The molecule has 15 heavy (non-hydrogen) atoms. The van der Waals surface area contributed by atoms with Crippen LogP contribution in [-0.4, -0.2) is 17.1 Å². The van der Waals surface area contributed by atoms with E-state index < -0.39 is 5.97 Å². The van der Waals surface area contributed by atoms with Gasteiger partial charge in [0.05, 0.1) is 0 Å². The van der Waals surface area contributed by atoms with E-state index in [1.165, 1.54) is 24.2 Å². The predicted octanol–water partition coefficient (Wildman–Crippen LogP) is 2.33. The first-order chi connectivity index (χ1) is 7.22. The number of carbonyl (C=O) groups is 1. The van der Waals surface area contributed by atoms with E-state index in [-0.39, 0.29) is 0 Å². The number of hydrogen-bond acceptors (Lipinski definition) is 3. The molecule has 1 fully saturated rings. The zero-order valence-corrected chi connectivity index (χ0v) is 9.51. The largest absolute Gasteiger partial charge is 0.477 e. The van der Waals surface area contributed by atoms with Crippen LogP contribution < -0.4 is 5.32 Å². The normalized spacial score (nSPS) is 24.1. The molecule has 3 nitrogen and oxygen atoms in total. The second-order valence-electron chi connectivity index (χ2n) is 3.97. The SMILES string of the molecule is CCC1CC1NCc1ccsc1C(=O)O. The molecule has 0 bridgehead atoms. The molecule has 0 spiro atoms. The molecular formula is C11H15NO2S. The van der Waals surface area contributed by atoms with E-state index in [9.17, 15) is 4.79 Å². The van der Waals surface area contributed by atoms with Crippen LogP contribution in [-0.2, 0) is 6.54 Å². The Labute approximate surface area is 93.1 Å². The van der Waals surface area contributed by atoms with E-state index >= 15 is 0 Å². The standard InChI is InChI=1S/C11H15NO2S/c1-2-7-5-9(7)12-6-8-3-4-15-10(8)11(13)14/h3-4,7,9,12H,2,5-6H2,1H3,(H,13,14). The number of carboxylic acids is 1. The lowest BCUT2D eigenvalue weighted by molar-refractivity contribution is 0.0701. The van der Waals surface area contributed by atoms with Gasteiger partial charge >= 0.3 is 5.97 Å². The molecule has 2 unspecified atom stereocenters. The number of aromatic carboxylic acids is 1. The fraction of sp³-hybridized carbons (Fsp3) is 0.545. The second kappa shape index (κ2) is 4.33. The van der Waals surface area contributed by atoms with Crippen molar-refractivity contribution in [3.05, 3.63) is 21.9 Å². The molecule has 1 aliphatic carbocycles. The maximum Gasteiger partial charge on any atom is 0.346 e. The fourth-order valence-electron chi connectivity index (χ4n) is 1.85. The summed E-state index contributed by atoms with van der Waals surface area (Å²) in [6.45, 7) is 2.88. The maximum absolute atomic E-state index is 10.8. The Balaban J connectivity index is 1.88. The first-order valence-electron chi connectivity index (χ1n) is 5.25. The van der Waals surface area contributed by atoms with Gasteiger partial charge in [-0.15, -0.1) is 11.3 Å². The Morgan fingerprint density at radius 1 is 1.73 bits per heavy atom. The minimum absolute atomic E-state index is 0.469. The number of hydrogen-bond donors (Lipinski definition) is 2. The third kappa shape index (κ3) is 2.38. The van der Waals surface area contributed by atoms with E-state index in [1.54, 1.807) is 0 Å². The third-order valence-electron chi connectivity index (χ3n) is 2.94. The summed E-state index contributed by atoms with van der Waals surface area (Å²) in [5.41, 5.74) is 0.911. The molecule has 0 aromatic carbocycles. The number of carboxylic acid groups (broad SMARTS) is 1. The average molecular weight is 225 g/mol. The summed E-state index contributed by atoms with van der Waals surface area (Å²) < 4.78 is 0. The Bertz CT molecular complexity index is 361. The molecule has 0 amide bonds. The van der Waals surface area contributed by atoms with Crippen molar-refractivity contribution in [2.45, 2.75) is 32.4 Å². The predicted molar refractivity (Wildman–Crippen MR) is 60.3 cm³/mol. The minimum atomic E-state index is -0.815. The Morgan fingerprint density at radius 3 is 3.13 bits per heavy atom. The third-order valence-corrected chi connectivity index (χ3v) is 3.89. The summed E-state index contributed by atoms with van der Waals surface area (Å²) >= 11 is 1.30. The van der Waals surface area contributed by atoms with Crippen molar-refractivity contribution in [2.24, 2.45) is 5.92 Å². The van der Waals surface area contributed by atoms with E-state index in [0.717, 1.165) is 11.5 Å². The van der Waals surface area contributed by atoms with E-state index in [2.05, 4.69) is 12.2 Å². The zero-order valence-electron chi connectivity index (χ0n) is 8.69. The smallest absolute Gasteiger partial charge is 0.346 e. The summed E-state index contributed by atoms with van der Waals surface area (Å²) in [6.07, 6.45) is 2.45. The topological polar surface area (TPSA) is 49.3 Å². The molecule has 82 valence electrons. The Kier molecular flexibility index (Phi) is 3.07. The number of rotatable bonds is 5. The van der Waals surface area contributed by atoms with Gasteiger partial charge < -0.3 is 10.4 Å². The summed E-state index contributed by atoms with van der Waals surface area (Å²) in [7, 11) is 0. The minimum Gasteiger partial charge on any atom is -0.477 e. The molecule has 1 aromatic heterocycles. The van der Waals surface area contributed by atoms with Crippen LogP contribution in [0.25, 0.3) is 0 Å². The summed E-state index contributed by atoms with van der Waals surface area (Å²) in [4.78, 5) is 11.3. The van der Waals surface area contributed by atoms with E-state index in [0.29, 0.717) is 17.5 Å². The van der Waals surface area contributed by atoms with Crippen LogP contribution in [0.3, 0.4) is 0 Å². The van der Waals surface area contributed by atoms with Gasteiger partial charge in [0, 0.05) is 12.6 Å². The molecule has 0 saturated heterocycles.